The molecule has 0 heterocycles. The van der Waals surface area contributed by atoms with E-state index in [4.69, 9.17) is 5.53 Å². The molecule has 0 bridgehead atoms. The van der Waals surface area contributed by atoms with E-state index in [1.807, 2.05) is 32.9 Å². The Hall–Kier alpha value is -1.38. The predicted molar refractivity (Wildman–Crippen MR) is 61.2 cm³/mol. The lowest BCUT2D eigenvalue weighted by atomic mass is 10.1. The minimum Gasteiger partial charge on any atom is -0.361 e. The molecule has 1 aromatic carbocycles. The highest BCUT2D eigenvalue weighted by molar-refractivity contribution is 8.15. The number of carbonyl (C=O) groups excluding carboxylic acids is 1. The lowest BCUT2D eigenvalue weighted by molar-refractivity contribution is -0.108. The van der Waals surface area contributed by atoms with E-state index < -0.39 is 0 Å². The summed E-state index contributed by atoms with van der Waals surface area (Å²) < 4.78 is 0. The van der Waals surface area contributed by atoms with Crippen LogP contribution in [0, 0.1) is 20.8 Å². The standard InChI is InChI=1S/C11H12N2OS/c1-7-4-8(2)11(9(3)5-7)15-10(14)6-13-12/h4-6H,1-3H3. The first-order valence-corrected chi connectivity index (χ1v) is 5.33. The van der Waals surface area contributed by atoms with Gasteiger partial charge in [0.05, 0.1) is 0 Å². The fourth-order valence-electron chi connectivity index (χ4n) is 1.50. The van der Waals surface area contributed by atoms with E-state index in [1.54, 1.807) is 0 Å². The van der Waals surface area contributed by atoms with Crippen LogP contribution in [0.5, 0.6) is 0 Å². The van der Waals surface area contributed by atoms with Crippen molar-refractivity contribution in [1.82, 2.24) is 0 Å². The van der Waals surface area contributed by atoms with E-state index >= 15 is 0 Å². The maximum Gasteiger partial charge on any atom is 0.334 e. The number of nitrogens with zero attached hydrogens (tertiary/aromatic N) is 2. The third-order valence-electron chi connectivity index (χ3n) is 1.97. The molecule has 0 radical (unpaired) electrons. The molecule has 0 unspecified atom stereocenters. The molecule has 0 aliphatic heterocycles. The summed E-state index contributed by atoms with van der Waals surface area (Å²) in [5.74, 6) is 0. The van der Waals surface area contributed by atoms with Gasteiger partial charge in [-0.3, -0.25) is 4.79 Å². The molecule has 0 spiro atoms. The smallest absolute Gasteiger partial charge is 0.334 e. The van der Waals surface area contributed by atoms with Gasteiger partial charge < -0.3 is 5.53 Å². The number of thioether (sulfide) groups is 1. The largest absolute Gasteiger partial charge is 0.361 e. The molecule has 0 saturated carbocycles. The summed E-state index contributed by atoms with van der Waals surface area (Å²) in [7, 11) is 0. The average molecular weight is 220 g/mol. The highest BCUT2D eigenvalue weighted by Crippen LogP contribution is 2.27. The molecule has 0 aliphatic rings. The highest BCUT2D eigenvalue weighted by atomic mass is 32.2. The molecule has 0 fully saturated rings. The van der Waals surface area contributed by atoms with E-state index in [2.05, 4.69) is 4.79 Å². The van der Waals surface area contributed by atoms with Crippen LogP contribution in [-0.2, 0) is 4.79 Å². The van der Waals surface area contributed by atoms with Crippen LogP contribution in [0.15, 0.2) is 17.0 Å². The summed E-state index contributed by atoms with van der Waals surface area (Å²) in [4.78, 5) is 14.9. The molecule has 4 heteroatoms. The van der Waals surface area contributed by atoms with Crippen LogP contribution >= 0.6 is 11.8 Å². The minimum atomic E-state index is -0.271. The first-order chi connectivity index (χ1) is 7.04. The Bertz CT molecular complexity index is 425. The van der Waals surface area contributed by atoms with Crippen molar-refractivity contribution in [2.45, 2.75) is 25.7 Å². The molecule has 3 nitrogen and oxygen atoms in total. The first-order valence-electron chi connectivity index (χ1n) is 4.51. The van der Waals surface area contributed by atoms with Gasteiger partial charge in [-0.15, -0.1) is 0 Å². The van der Waals surface area contributed by atoms with Gasteiger partial charge in [0.25, 0.3) is 5.12 Å². The molecule has 78 valence electrons. The van der Waals surface area contributed by atoms with E-state index in [1.165, 1.54) is 5.56 Å². The van der Waals surface area contributed by atoms with Gasteiger partial charge in [0.2, 0.25) is 0 Å². The van der Waals surface area contributed by atoms with Crippen LogP contribution in [0.1, 0.15) is 16.7 Å². The van der Waals surface area contributed by atoms with Crippen molar-refractivity contribution < 1.29 is 9.58 Å². The van der Waals surface area contributed by atoms with Crippen molar-refractivity contribution in [3.63, 3.8) is 0 Å². The lowest BCUT2D eigenvalue weighted by Crippen LogP contribution is -1.96. The monoisotopic (exact) mass is 220 g/mol. The van der Waals surface area contributed by atoms with Crippen LogP contribution in [0.4, 0.5) is 0 Å². The SMILES string of the molecule is Cc1cc(C)c(SC(=O)C=[N+]=[N-])c(C)c1. The minimum absolute atomic E-state index is 0.271. The topological polar surface area (TPSA) is 53.5 Å². The highest BCUT2D eigenvalue weighted by Gasteiger charge is 2.11. The van der Waals surface area contributed by atoms with Crippen molar-refractivity contribution in [2.75, 3.05) is 0 Å². The van der Waals surface area contributed by atoms with Crippen molar-refractivity contribution in [3.8, 4) is 0 Å². The number of benzene rings is 1. The maximum atomic E-state index is 11.3. The second kappa shape index (κ2) is 4.91. The van der Waals surface area contributed by atoms with Crippen LogP contribution in [0.3, 0.4) is 0 Å². The van der Waals surface area contributed by atoms with Gasteiger partial charge in [0, 0.05) is 4.90 Å². The number of hydrogen-bond acceptors (Lipinski definition) is 2. The van der Waals surface area contributed by atoms with Gasteiger partial charge in [-0.2, -0.15) is 4.79 Å². The summed E-state index contributed by atoms with van der Waals surface area (Å²) in [5, 5.41) is -0.271. The molecule has 0 saturated heterocycles. The van der Waals surface area contributed by atoms with Gasteiger partial charge in [0.15, 0.2) is 0 Å². The van der Waals surface area contributed by atoms with Crippen molar-refractivity contribution in [3.05, 3.63) is 34.4 Å². The quantitative estimate of drug-likeness (QED) is 0.333. The molecular weight excluding hydrogens is 208 g/mol. The number of hydrogen-bond donors (Lipinski definition) is 0. The van der Waals surface area contributed by atoms with Gasteiger partial charge in [-0.1, -0.05) is 17.7 Å². The fraction of sp³-hybridized carbons (Fsp3) is 0.273. The molecule has 1 aromatic rings. The molecule has 0 N–H and O–H groups in total. The normalized spacial score (nSPS) is 9.53. The zero-order chi connectivity index (χ0) is 11.4. The van der Waals surface area contributed by atoms with Crippen molar-refractivity contribution in [2.24, 2.45) is 0 Å². The Morgan fingerprint density at radius 1 is 1.33 bits per heavy atom. The van der Waals surface area contributed by atoms with Gasteiger partial charge in [-0.05, 0) is 43.7 Å². The van der Waals surface area contributed by atoms with Crippen LogP contribution in [0.25, 0.3) is 5.53 Å². The molecular formula is C11H12N2OS. The summed E-state index contributed by atoms with van der Waals surface area (Å²) in [5.41, 5.74) is 11.5. The lowest BCUT2D eigenvalue weighted by Gasteiger charge is -2.07. The van der Waals surface area contributed by atoms with Crippen LogP contribution in [0.2, 0.25) is 0 Å². The van der Waals surface area contributed by atoms with Crippen molar-refractivity contribution >= 4 is 23.1 Å². The van der Waals surface area contributed by atoms with Gasteiger partial charge in [0.1, 0.15) is 0 Å². The zero-order valence-corrected chi connectivity index (χ0v) is 9.76. The fourth-order valence-corrected chi connectivity index (χ4v) is 2.24. The summed E-state index contributed by atoms with van der Waals surface area (Å²) in [6.45, 7) is 5.95. The van der Waals surface area contributed by atoms with E-state index in [0.717, 1.165) is 34.0 Å². The Kier molecular flexibility index (Phi) is 3.83. The number of carbonyl (C=O) groups is 1. The number of rotatable bonds is 2. The molecule has 0 aromatic heterocycles. The van der Waals surface area contributed by atoms with Crippen LogP contribution < -0.4 is 0 Å². The first kappa shape index (κ1) is 11.7. The summed E-state index contributed by atoms with van der Waals surface area (Å²) in [6, 6.07) is 4.05. The van der Waals surface area contributed by atoms with Gasteiger partial charge >= 0.3 is 6.21 Å². The second-order valence-corrected chi connectivity index (χ2v) is 4.41. The Balaban J connectivity index is 3.05. The summed E-state index contributed by atoms with van der Waals surface area (Å²) >= 11 is 1.08. The molecule has 1 rings (SSSR count). The maximum absolute atomic E-state index is 11.3. The van der Waals surface area contributed by atoms with E-state index in [9.17, 15) is 4.79 Å². The molecule has 0 atom stereocenters. The molecule has 0 aliphatic carbocycles. The Labute approximate surface area is 93.1 Å². The molecule has 15 heavy (non-hydrogen) atoms. The summed E-state index contributed by atoms with van der Waals surface area (Å²) in [6.07, 6.45) is 0.906. The molecule has 0 amide bonds. The number of aryl methyl sites for hydroxylation is 3. The zero-order valence-electron chi connectivity index (χ0n) is 8.94. The second-order valence-electron chi connectivity index (χ2n) is 3.39. The van der Waals surface area contributed by atoms with Crippen LogP contribution in [-0.4, -0.2) is 16.1 Å². The Morgan fingerprint density at radius 2 is 1.87 bits per heavy atom. The Morgan fingerprint density at radius 3 is 2.33 bits per heavy atom. The van der Waals surface area contributed by atoms with Crippen molar-refractivity contribution in [1.29, 1.82) is 0 Å². The third-order valence-corrected chi connectivity index (χ3v) is 3.13. The average Bonchev–Trinajstić information content (AvgIpc) is 2.11. The predicted octanol–water partition coefficient (Wildman–Crippen LogP) is 2.53. The third kappa shape index (κ3) is 3.05. The van der Waals surface area contributed by atoms with Gasteiger partial charge in [-0.25, -0.2) is 0 Å². The van der Waals surface area contributed by atoms with E-state index in [-0.39, 0.29) is 5.12 Å². The van der Waals surface area contributed by atoms with E-state index in [0.29, 0.717) is 0 Å².